The molecule has 1 aliphatic rings. The van der Waals surface area contributed by atoms with Gasteiger partial charge in [0.05, 0.1) is 12.7 Å². The van der Waals surface area contributed by atoms with Crippen LogP contribution in [0.5, 0.6) is 0 Å². The van der Waals surface area contributed by atoms with Gasteiger partial charge in [-0.05, 0) is 49.7 Å². The van der Waals surface area contributed by atoms with Crippen LogP contribution in [-0.2, 0) is 15.3 Å². The van der Waals surface area contributed by atoms with Gasteiger partial charge in [0, 0.05) is 61.4 Å². The third-order valence-electron chi connectivity index (χ3n) is 6.49. The molecule has 0 aliphatic carbocycles. The Balaban J connectivity index is 1.38. The Morgan fingerprint density at radius 1 is 0.974 bits per heavy atom. The SMILES string of the molecule is COC(=O)c1cccc(NC(=O)c2ccc(CSc3nc(C)c(C)c(N4CCN(C(C)=O)CC4)n3)cc2)c1. The Hall–Kier alpha value is -3.92. The largest absolute Gasteiger partial charge is 0.465 e. The molecule has 3 aromatic rings. The maximum absolute atomic E-state index is 12.7. The van der Waals surface area contributed by atoms with Gasteiger partial charge in [0.15, 0.2) is 5.16 Å². The minimum absolute atomic E-state index is 0.104. The van der Waals surface area contributed by atoms with E-state index in [0.717, 1.165) is 35.7 Å². The first kappa shape index (κ1) is 27.1. The van der Waals surface area contributed by atoms with Crippen LogP contribution in [0.4, 0.5) is 11.5 Å². The van der Waals surface area contributed by atoms with Crippen molar-refractivity contribution in [3.63, 3.8) is 0 Å². The first-order valence-corrected chi connectivity index (χ1v) is 13.3. The summed E-state index contributed by atoms with van der Waals surface area (Å²) in [4.78, 5) is 49.7. The van der Waals surface area contributed by atoms with Gasteiger partial charge < -0.3 is 19.9 Å². The standard InChI is InChI=1S/C28H31N5O4S/c1-18-19(2)29-28(31-25(18)33-14-12-32(13-15-33)20(3)34)38-17-21-8-10-22(11-9-21)26(35)30-24-7-5-6-23(16-24)27(36)37-4/h5-11,16H,12-15,17H2,1-4H3,(H,30,35). The second kappa shape index (κ2) is 12.1. The fraction of sp³-hybridized carbons (Fsp3) is 0.321. The number of benzene rings is 2. The minimum Gasteiger partial charge on any atom is -0.465 e. The molecule has 1 fully saturated rings. The summed E-state index contributed by atoms with van der Waals surface area (Å²) in [7, 11) is 1.32. The summed E-state index contributed by atoms with van der Waals surface area (Å²) in [5.41, 5.74) is 4.43. The Kier molecular flexibility index (Phi) is 8.62. The van der Waals surface area contributed by atoms with Crippen LogP contribution in [0.15, 0.2) is 53.7 Å². The summed E-state index contributed by atoms with van der Waals surface area (Å²) in [6, 6.07) is 14.0. The zero-order valence-electron chi connectivity index (χ0n) is 22.0. The zero-order chi connectivity index (χ0) is 27.2. The van der Waals surface area contributed by atoms with Crippen LogP contribution >= 0.6 is 11.8 Å². The molecule has 0 spiro atoms. The van der Waals surface area contributed by atoms with E-state index in [0.29, 0.717) is 40.8 Å². The number of ether oxygens (including phenoxy) is 1. The highest BCUT2D eigenvalue weighted by Crippen LogP contribution is 2.27. The Morgan fingerprint density at radius 3 is 2.34 bits per heavy atom. The van der Waals surface area contributed by atoms with E-state index in [2.05, 4.69) is 15.2 Å². The van der Waals surface area contributed by atoms with Crippen molar-refractivity contribution in [2.75, 3.05) is 43.5 Å². The zero-order valence-corrected chi connectivity index (χ0v) is 22.8. The molecule has 38 heavy (non-hydrogen) atoms. The van der Waals surface area contributed by atoms with E-state index >= 15 is 0 Å². The van der Waals surface area contributed by atoms with Crippen molar-refractivity contribution in [3.05, 3.63) is 76.5 Å². The monoisotopic (exact) mass is 533 g/mol. The van der Waals surface area contributed by atoms with E-state index in [1.165, 1.54) is 7.11 Å². The molecule has 2 heterocycles. The number of thioether (sulfide) groups is 1. The predicted molar refractivity (Wildman–Crippen MR) is 148 cm³/mol. The predicted octanol–water partition coefficient (Wildman–Crippen LogP) is 4.09. The summed E-state index contributed by atoms with van der Waals surface area (Å²) >= 11 is 1.55. The van der Waals surface area contributed by atoms with Crippen LogP contribution < -0.4 is 10.2 Å². The second-order valence-electron chi connectivity index (χ2n) is 9.05. The van der Waals surface area contributed by atoms with E-state index in [1.54, 1.807) is 55.1 Å². The number of nitrogens with one attached hydrogen (secondary N) is 1. The first-order valence-electron chi connectivity index (χ1n) is 12.3. The van der Waals surface area contributed by atoms with Crippen LogP contribution in [0.1, 0.15) is 44.5 Å². The lowest BCUT2D eigenvalue weighted by Gasteiger charge is -2.35. The summed E-state index contributed by atoms with van der Waals surface area (Å²) in [5, 5.41) is 3.51. The quantitative estimate of drug-likeness (QED) is 0.275. The number of amides is 2. The van der Waals surface area contributed by atoms with Crippen LogP contribution in [-0.4, -0.2) is 65.9 Å². The highest BCUT2D eigenvalue weighted by Gasteiger charge is 2.22. The van der Waals surface area contributed by atoms with Gasteiger partial charge in [-0.2, -0.15) is 0 Å². The fourth-order valence-corrected chi connectivity index (χ4v) is 4.98. The molecule has 2 amide bonds. The minimum atomic E-state index is -0.460. The summed E-state index contributed by atoms with van der Waals surface area (Å²) in [6.07, 6.45) is 0. The number of nitrogens with zero attached hydrogens (tertiary/aromatic N) is 4. The second-order valence-corrected chi connectivity index (χ2v) is 9.99. The Labute approximate surface area is 226 Å². The van der Waals surface area contributed by atoms with Crippen molar-refractivity contribution in [2.24, 2.45) is 0 Å². The van der Waals surface area contributed by atoms with Crippen molar-refractivity contribution in [3.8, 4) is 0 Å². The van der Waals surface area contributed by atoms with Crippen LogP contribution in [0, 0.1) is 13.8 Å². The molecule has 0 radical (unpaired) electrons. The van der Waals surface area contributed by atoms with Gasteiger partial charge in [-0.25, -0.2) is 14.8 Å². The van der Waals surface area contributed by atoms with E-state index in [9.17, 15) is 14.4 Å². The van der Waals surface area contributed by atoms with Crippen LogP contribution in [0.3, 0.4) is 0 Å². The lowest BCUT2D eigenvalue weighted by molar-refractivity contribution is -0.129. The average molecular weight is 534 g/mol. The number of aryl methyl sites for hydroxylation is 1. The summed E-state index contributed by atoms with van der Waals surface area (Å²) in [5.74, 6) is 0.958. The average Bonchev–Trinajstić information content (AvgIpc) is 2.93. The van der Waals surface area contributed by atoms with E-state index < -0.39 is 5.97 Å². The number of hydrogen-bond donors (Lipinski definition) is 1. The number of piperazine rings is 1. The van der Waals surface area contributed by atoms with Crippen LogP contribution in [0.25, 0.3) is 0 Å². The first-order chi connectivity index (χ1) is 18.2. The Bertz CT molecular complexity index is 1340. The molecule has 1 saturated heterocycles. The normalized spacial score (nSPS) is 13.3. The molecule has 1 aliphatic heterocycles. The van der Waals surface area contributed by atoms with Crippen molar-refractivity contribution >= 4 is 41.1 Å². The fourth-order valence-electron chi connectivity index (χ4n) is 4.14. The topological polar surface area (TPSA) is 105 Å². The van der Waals surface area contributed by atoms with E-state index in [4.69, 9.17) is 9.72 Å². The molecule has 9 nitrogen and oxygen atoms in total. The number of rotatable bonds is 7. The third kappa shape index (κ3) is 6.49. The van der Waals surface area contributed by atoms with Gasteiger partial charge in [-0.15, -0.1) is 0 Å². The van der Waals surface area contributed by atoms with Gasteiger partial charge in [0.2, 0.25) is 5.91 Å². The van der Waals surface area contributed by atoms with Crippen LogP contribution in [0.2, 0.25) is 0 Å². The van der Waals surface area contributed by atoms with Gasteiger partial charge in [0.25, 0.3) is 5.91 Å². The summed E-state index contributed by atoms with van der Waals surface area (Å²) < 4.78 is 4.73. The van der Waals surface area contributed by atoms with Crippen molar-refractivity contribution in [1.29, 1.82) is 0 Å². The number of methoxy groups -OCH3 is 1. The molecule has 10 heteroatoms. The van der Waals surface area contributed by atoms with Gasteiger partial charge >= 0.3 is 5.97 Å². The van der Waals surface area contributed by atoms with Gasteiger partial charge in [0.1, 0.15) is 5.82 Å². The molecule has 198 valence electrons. The number of aromatic nitrogens is 2. The molecular formula is C28H31N5O4S. The van der Waals surface area contributed by atoms with Crippen molar-refractivity contribution in [2.45, 2.75) is 31.7 Å². The third-order valence-corrected chi connectivity index (χ3v) is 7.41. The number of anilines is 2. The molecule has 2 aromatic carbocycles. The molecule has 0 atom stereocenters. The molecule has 1 N–H and O–H groups in total. The molecule has 0 unspecified atom stereocenters. The lowest BCUT2D eigenvalue weighted by Crippen LogP contribution is -2.48. The lowest BCUT2D eigenvalue weighted by atomic mass is 10.1. The van der Waals surface area contributed by atoms with E-state index in [-0.39, 0.29) is 11.8 Å². The highest BCUT2D eigenvalue weighted by molar-refractivity contribution is 7.98. The summed E-state index contributed by atoms with van der Waals surface area (Å²) in [6.45, 7) is 8.51. The molecule has 0 saturated carbocycles. The number of hydrogen-bond acceptors (Lipinski definition) is 8. The Morgan fingerprint density at radius 2 is 1.68 bits per heavy atom. The molecule has 4 rings (SSSR count). The van der Waals surface area contributed by atoms with Gasteiger partial charge in [-0.3, -0.25) is 9.59 Å². The molecule has 1 aromatic heterocycles. The highest BCUT2D eigenvalue weighted by atomic mass is 32.2. The smallest absolute Gasteiger partial charge is 0.337 e. The van der Waals surface area contributed by atoms with E-state index in [1.807, 2.05) is 30.9 Å². The van der Waals surface area contributed by atoms with Crippen molar-refractivity contribution < 1.29 is 19.1 Å². The number of carbonyl (C=O) groups is 3. The molecule has 0 bridgehead atoms. The number of carbonyl (C=O) groups excluding carboxylic acids is 3. The van der Waals surface area contributed by atoms with Gasteiger partial charge in [-0.1, -0.05) is 30.0 Å². The maximum Gasteiger partial charge on any atom is 0.337 e. The maximum atomic E-state index is 12.7. The number of esters is 1. The molecular weight excluding hydrogens is 502 g/mol. The van der Waals surface area contributed by atoms with Crippen molar-refractivity contribution in [1.82, 2.24) is 14.9 Å².